The van der Waals surface area contributed by atoms with Gasteiger partial charge in [-0.3, -0.25) is 0 Å². The number of benzene rings is 6. The maximum Gasteiger partial charge on any atom is 0.138 e. The third-order valence-electron chi connectivity index (χ3n) is 7.09. The fourth-order valence-electron chi connectivity index (χ4n) is 5.47. The molecule has 0 heterocycles. The minimum Gasteiger partial charge on any atom is -0.507 e. The number of fused-ring (bicyclic) bond motifs is 9. The molecule has 0 bridgehead atoms. The van der Waals surface area contributed by atoms with Crippen molar-refractivity contribution in [3.05, 3.63) is 59.1 Å². The first-order valence-corrected chi connectivity index (χ1v) is 12.3. The van der Waals surface area contributed by atoms with Crippen LogP contribution in [0.25, 0.3) is 53.9 Å². The Morgan fingerprint density at radius 1 is 0.514 bits per heavy atom. The summed E-state index contributed by atoms with van der Waals surface area (Å²) in [4.78, 5) is 0. The fourth-order valence-corrected chi connectivity index (χ4v) is 5.88. The van der Waals surface area contributed by atoms with E-state index in [4.69, 9.17) is 18.9 Å². The Balaban J connectivity index is 2.06. The lowest BCUT2D eigenvalue weighted by Crippen LogP contribution is -1.94. The molecule has 6 nitrogen and oxygen atoms in total. The highest BCUT2D eigenvalue weighted by molar-refractivity contribution is 9.10. The van der Waals surface area contributed by atoms with Crippen molar-refractivity contribution in [3.8, 4) is 34.5 Å². The molecule has 186 valence electrons. The van der Waals surface area contributed by atoms with E-state index in [0.29, 0.717) is 49.0 Å². The summed E-state index contributed by atoms with van der Waals surface area (Å²) in [6.45, 7) is 0. The van der Waals surface area contributed by atoms with Crippen LogP contribution in [-0.2, 0) is 0 Å². The van der Waals surface area contributed by atoms with Gasteiger partial charge in [-0.05, 0) is 69.2 Å². The van der Waals surface area contributed by atoms with Crippen LogP contribution < -0.4 is 18.9 Å². The number of rotatable bonds is 4. The van der Waals surface area contributed by atoms with Gasteiger partial charge in [0.15, 0.2) is 0 Å². The molecule has 0 atom stereocenters. The van der Waals surface area contributed by atoms with Gasteiger partial charge < -0.3 is 29.2 Å². The maximum absolute atomic E-state index is 11.4. The lowest BCUT2D eigenvalue weighted by molar-refractivity contribution is 0.414. The molecular formula is C30H23BrO6. The highest BCUT2D eigenvalue weighted by Crippen LogP contribution is 2.51. The summed E-state index contributed by atoms with van der Waals surface area (Å²) >= 11 is 3.50. The molecule has 0 radical (unpaired) electrons. The van der Waals surface area contributed by atoms with Crippen molar-refractivity contribution in [2.75, 3.05) is 28.4 Å². The van der Waals surface area contributed by atoms with Crippen molar-refractivity contribution in [1.82, 2.24) is 0 Å². The smallest absolute Gasteiger partial charge is 0.138 e. The Bertz CT molecular complexity index is 1910. The predicted molar refractivity (Wildman–Crippen MR) is 151 cm³/mol. The van der Waals surface area contributed by atoms with Gasteiger partial charge in [0.25, 0.3) is 0 Å². The predicted octanol–water partition coefficient (Wildman–Crippen LogP) is 7.66. The quantitative estimate of drug-likeness (QED) is 0.216. The monoisotopic (exact) mass is 558 g/mol. The van der Waals surface area contributed by atoms with E-state index in [9.17, 15) is 10.2 Å². The number of hydrogen-bond donors (Lipinski definition) is 2. The van der Waals surface area contributed by atoms with Gasteiger partial charge in [-0.1, -0.05) is 12.1 Å². The minimum atomic E-state index is 0.0851. The van der Waals surface area contributed by atoms with Gasteiger partial charge in [0.05, 0.1) is 32.9 Å². The van der Waals surface area contributed by atoms with E-state index in [-0.39, 0.29) is 11.5 Å². The van der Waals surface area contributed by atoms with E-state index >= 15 is 0 Å². The van der Waals surface area contributed by atoms with Crippen LogP contribution >= 0.6 is 15.9 Å². The number of hydrogen-bond acceptors (Lipinski definition) is 6. The SMILES string of the molecule is COc1ccc(O)c2c1cc(OC)c1ccc3ccc4c(OC)cc5c(OC)cc(Br)c(O)c5c4c3c12. The van der Waals surface area contributed by atoms with E-state index in [0.717, 1.165) is 32.3 Å². The van der Waals surface area contributed by atoms with E-state index in [1.165, 1.54) is 0 Å². The van der Waals surface area contributed by atoms with Crippen molar-refractivity contribution < 1.29 is 29.2 Å². The molecule has 0 spiro atoms. The van der Waals surface area contributed by atoms with Gasteiger partial charge >= 0.3 is 0 Å². The molecule has 0 aromatic heterocycles. The Morgan fingerprint density at radius 3 is 1.59 bits per heavy atom. The van der Waals surface area contributed by atoms with Gasteiger partial charge in [0.2, 0.25) is 0 Å². The Kier molecular flexibility index (Phi) is 5.35. The number of phenolic OH excluding ortho intramolecular Hbond substituents is 2. The second-order valence-corrected chi connectivity index (χ2v) is 9.63. The first-order valence-electron chi connectivity index (χ1n) is 11.5. The molecule has 0 fully saturated rings. The van der Waals surface area contributed by atoms with Crippen molar-refractivity contribution in [3.63, 3.8) is 0 Å². The lowest BCUT2D eigenvalue weighted by atomic mass is 9.89. The summed E-state index contributed by atoms with van der Waals surface area (Å²) in [5.74, 6) is 2.67. The van der Waals surface area contributed by atoms with Gasteiger partial charge in [0, 0.05) is 43.1 Å². The molecule has 0 unspecified atom stereocenters. The summed E-state index contributed by atoms with van der Waals surface area (Å²) in [5.41, 5.74) is 0. The summed E-state index contributed by atoms with van der Waals surface area (Å²) in [6.07, 6.45) is 0. The van der Waals surface area contributed by atoms with Crippen molar-refractivity contribution in [2.45, 2.75) is 0 Å². The van der Waals surface area contributed by atoms with Crippen LogP contribution in [0.5, 0.6) is 34.5 Å². The molecule has 6 aromatic carbocycles. The Morgan fingerprint density at radius 2 is 1.03 bits per heavy atom. The van der Waals surface area contributed by atoms with Crippen LogP contribution in [0.3, 0.4) is 0 Å². The molecular weight excluding hydrogens is 536 g/mol. The maximum atomic E-state index is 11.4. The second-order valence-electron chi connectivity index (χ2n) is 8.77. The molecule has 0 aliphatic rings. The molecule has 0 saturated heterocycles. The Hall–Kier alpha value is -4.10. The third kappa shape index (κ3) is 3.17. The van der Waals surface area contributed by atoms with Crippen molar-refractivity contribution >= 4 is 69.8 Å². The number of methoxy groups -OCH3 is 4. The molecule has 0 saturated carbocycles. The number of aromatic hydroxyl groups is 2. The molecule has 7 heteroatoms. The van der Waals surface area contributed by atoms with Gasteiger partial charge in [-0.25, -0.2) is 0 Å². The summed E-state index contributed by atoms with van der Waals surface area (Å²) in [7, 11) is 6.43. The molecule has 6 aromatic rings. The summed E-state index contributed by atoms with van der Waals surface area (Å²) in [6, 6.07) is 16.9. The van der Waals surface area contributed by atoms with Crippen molar-refractivity contribution in [2.24, 2.45) is 0 Å². The standard InChI is InChI=1S/C30H23BrO6/c1-34-21-10-9-20(32)26-17(21)11-22(35-2)15-7-5-14-6-8-16-23(36-3)12-18-24(37-4)13-19(31)30(33)29(18)28(16)25(14)27(15)26/h5-13,32-33H,1-4H3. The normalized spacial score (nSPS) is 11.6. The molecule has 2 N–H and O–H groups in total. The number of halogens is 1. The third-order valence-corrected chi connectivity index (χ3v) is 7.69. The largest absolute Gasteiger partial charge is 0.507 e. The first-order chi connectivity index (χ1) is 17.9. The lowest BCUT2D eigenvalue weighted by Gasteiger charge is -2.19. The van der Waals surface area contributed by atoms with Gasteiger partial charge in [-0.2, -0.15) is 0 Å². The van der Waals surface area contributed by atoms with E-state index < -0.39 is 0 Å². The zero-order valence-electron chi connectivity index (χ0n) is 20.6. The van der Waals surface area contributed by atoms with Crippen LogP contribution in [0.4, 0.5) is 0 Å². The molecule has 0 aliphatic carbocycles. The van der Waals surface area contributed by atoms with Gasteiger partial charge in [0.1, 0.15) is 34.5 Å². The molecule has 37 heavy (non-hydrogen) atoms. The van der Waals surface area contributed by atoms with Crippen LogP contribution in [0.2, 0.25) is 0 Å². The highest BCUT2D eigenvalue weighted by Gasteiger charge is 2.22. The van der Waals surface area contributed by atoms with E-state index in [1.807, 2.05) is 36.4 Å². The first kappa shape index (κ1) is 23.3. The van der Waals surface area contributed by atoms with Crippen LogP contribution in [0.15, 0.2) is 59.1 Å². The van der Waals surface area contributed by atoms with E-state index in [1.54, 1.807) is 46.6 Å². The second kappa shape index (κ2) is 8.49. The zero-order valence-corrected chi connectivity index (χ0v) is 22.2. The van der Waals surface area contributed by atoms with Crippen molar-refractivity contribution in [1.29, 1.82) is 0 Å². The average Bonchev–Trinajstić information content (AvgIpc) is 2.92. The molecule has 0 aliphatic heterocycles. The minimum absolute atomic E-state index is 0.0851. The number of phenols is 2. The fraction of sp³-hybridized carbons (Fsp3) is 0.133. The molecule has 6 rings (SSSR count). The summed E-state index contributed by atoms with van der Waals surface area (Å²) < 4.78 is 23.5. The molecule has 0 amide bonds. The van der Waals surface area contributed by atoms with Crippen LogP contribution in [0, 0.1) is 0 Å². The van der Waals surface area contributed by atoms with Gasteiger partial charge in [-0.15, -0.1) is 0 Å². The topological polar surface area (TPSA) is 77.4 Å². The number of ether oxygens (including phenoxy) is 4. The average molecular weight is 559 g/mol. The zero-order chi connectivity index (χ0) is 26.0. The van der Waals surface area contributed by atoms with Crippen LogP contribution in [-0.4, -0.2) is 38.7 Å². The van der Waals surface area contributed by atoms with Crippen LogP contribution in [0.1, 0.15) is 0 Å². The van der Waals surface area contributed by atoms with E-state index in [2.05, 4.69) is 15.9 Å². The highest BCUT2D eigenvalue weighted by atomic mass is 79.9. The Labute approximate surface area is 220 Å². The summed E-state index contributed by atoms with van der Waals surface area (Å²) in [5, 5.41) is 30.2.